The number of unbranched alkanes of at least 4 members (excludes halogenated alkanes) is 1. The minimum Gasteiger partial charge on any atom is -1.00 e. The molecule has 0 aliphatic carbocycles. The van der Waals surface area contributed by atoms with Gasteiger partial charge in [-0.25, -0.2) is 0 Å². The van der Waals surface area contributed by atoms with Crippen LogP contribution in [0.5, 0.6) is 0 Å². The van der Waals surface area contributed by atoms with Crippen LogP contribution in [0.15, 0.2) is 30.3 Å². The predicted octanol–water partition coefficient (Wildman–Crippen LogP) is -0.296. The number of benzene rings is 1. The zero-order valence-corrected chi connectivity index (χ0v) is 16.7. The van der Waals surface area contributed by atoms with Gasteiger partial charge in [-0.05, 0) is 12.0 Å². The third-order valence-electron chi connectivity index (χ3n) is 6.33. The number of carbonyl (C=O) groups is 1. The summed E-state index contributed by atoms with van der Waals surface area (Å²) in [6.45, 7) is 3.48. The van der Waals surface area contributed by atoms with Gasteiger partial charge in [-0.15, -0.1) is 0 Å². The number of fused-ring (bicyclic) bond motifs is 5. The molecule has 25 heavy (non-hydrogen) atoms. The first-order valence-electron chi connectivity index (χ1n) is 9.35. The molecule has 4 rings (SSSR count). The van der Waals surface area contributed by atoms with Crippen molar-refractivity contribution in [3.63, 3.8) is 0 Å². The van der Waals surface area contributed by atoms with Crippen molar-refractivity contribution in [3.05, 3.63) is 35.9 Å². The molecule has 6 atom stereocenters. The highest BCUT2D eigenvalue weighted by Gasteiger charge is 2.71. The summed E-state index contributed by atoms with van der Waals surface area (Å²) in [5.74, 6) is -0.0927. The van der Waals surface area contributed by atoms with Crippen molar-refractivity contribution in [2.24, 2.45) is 0 Å². The highest BCUT2D eigenvalue weighted by atomic mass is 79.9. The normalized spacial score (nSPS) is 37.8. The minimum absolute atomic E-state index is 0. The Hall–Kier alpha value is -0.910. The number of halogens is 1. The number of hydrogen-bond acceptors (Lipinski definition) is 3. The number of quaternary nitrogens is 1. The number of morpholine rings is 1. The van der Waals surface area contributed by atoms with Crippen LogP contribution in [0.2, 0.25) is 0 Å². The maximum Gasteiger partial charge on any atom is 0.310 e. The van der Waals surface area contributed by atoms with Crippen LogP contribution in [0.1, 0.15) is 38.2 Å². The Kier molecular flexibility index (Phi) is 5.57. The molecule has 0 N–H and O–H groups in total. The molecule has 0 aromatic heterocycles. The molecular weight excluding hydrogens is 382 g/mol. The van der Waals surface area contributed by atoms with Crippen LogP contribution in [-0.4, -0.2) is 54.4 Å². The van der Waals surface area contributed by atoms with Crippen molar-refractivity contribution in [2.75, 3.05) is 13.6 Å². The van der Waals surface area contributed by atoms with Gasteiger partial charge in [0.05, 0.1) is 20.0 Å². The van der Waals surface area contributed by atoms with Crippen molar-refractivity contribution < 1.29 is 35.7 Å². The summed E-state index contributed by atoms with van der Waals surface area (Å²) in [6, 6.07) is 10.9. The lowest BCUT2D eigenvalue weighted by Gasteiger charge is -2.48. The molecular formula is C20H28BrNO3. The molecule has 2 unspecified atom stereocenters. The lowest BCUT2D eigenvalue weighted by molar-refractivity contribution is -0.956. The number of nitrogens with zero attached hydrogens (tertiary/aromatic N) is 1. The second-order valence-electron chi connectivity index (χ2n) is 7.87. The first kappa shape index (κ1) is 18.9. The highest BCUT2D eigenvalue weighted by molar-refractivity contribution is 5.72. The summed E-state index contributed by atoms with van der Waals surface area (Å²) >= 11 is 0. The number of rotatable bonds is 6. The molecule has 0 amide bonds. The molecule has 3 heterocycles. The molecule has 0 saturated carbocycles. The molecule has 5 heteroatoms. The van der Waals surface area contributed by atoms with Gasteiger partial charge in [-0.2, -0.15) is 0 Å². The van der Waals surface area contributed by atoms with E-state index in [1.165, 1.54) is 19.4 Å². The largest absolute Gasteiger partial charge is 1.00 e. The van der Waals surface area contributed by atoms with Crippen molar-refractivity contribution in [3.8, 4) is 0 Å². The Labute approximate surface area is 160 Å². The molecule has 3 aliphatic rings. The molecule has 3 fully saturated rings. The van der Waals surface area contributed by atoms with Gasteiger partial charge in [-0.1, -0.05) is 43.7 Å². The molecule has 3 saturated heterocycles. The summed E-state index contributed by atoms with van der Waals surface area (Å²) in [5.41, 5.74) is 1.02. The van der Waals surface area contributed by atoms with Crippen molar-refractivity contribution in [2.45, 2.75) is 69.4 Å². The van der Waals surface area contributed by atoms with Gasteiger partial charge in [-0.3, -0.25) is 4.79 Å². The monoisotopic (exact) mass is 409 g/mol. The molecule has 3 aliphatic heterocycles. The molecule has 0 radical (unpaired) electrons. The Morgan fingerprint density at radius 1 is 1.20 bits per heavy atom. The van der Waals surface area contributed by atoms with Crippen molar-refractivity contribution in [1.82, 2.24) is 0 Å². The molecule has 138 valence electrons. The van der Waals surface area contributed by atoms with E-state index in [0.29, 0.717) is 30.7 Å². The minimum atomic E-state index is -0.0927. The molecule has 2 bridgehead atoms. The van der Waals surface area contributed by atoms with E-state index in [1.807, 2.05) is 30.3 Å². The fourth-order valence-corrected chi connectivity index (χ4v) is 4.97. The van der Waals surface area contributed by atoms with Gasteiger partial charge in [0.25, 0.3) is 0 Å². The maximum absolute atomic E-state index is 12.3. The predicted molar refractivity (Wildman–Crippen MR) is 91.5 cm³/mol. The van der Waals surface area contributed by atoms with Gasteiger partial charge in [0.2, 0.25) is 0 Å². The summed E-state index contributed by atoms with van der Waals surface area (Å²) in [6.07, 6.45) is 5.68. The smallest absolute Gasteiger partial charge is 0.310 e. The first-order chi connectivity index (χ1) is 11.6. The van der Waals surface area contributed by atoms with Crippen LogP contribution in [-0.2, 0) is 20.7 Å². The Morgan fingerprint density at radius 3 is 2.44 bits per heavy atom. The topological polar surface area (TPSA) is 38.8 Å². The highest BCUT2D eigenvalue weighted by Crippen LogP contribution is 2.52. The standard InChI is InChI=1S/C20H28NO3.BrH/c1-3-4-10-21(2)16-12-15(13-17(21)20-19(16)24-20)23-18(22)11-14-8-6-5-7-9-14;/h5-9,15-17,19-20H,3-4,10-13H2,1-2H3;1H/q+1;/p-1/t15?,16-,17+,19-,20+,21?;. The molecule has 1 aromatic rings. The van der Waals surface area contributed by atoms with Gasteiger partial charge in [0.15, 0.2) is 0 Å². The van der Waals surface area contributed by atoms with Gasteiger partial charge in [0.1, 0.15) is 30.4 Å². The average Bonchev–Trinajstić information content (AvgIpc) is 3.32. The average molecular weight is 410 g/mol. The van der Waals surface area contributed by atoms with Crippen molar-refractivity contribution >= 4 is 5.97 Å². The summed E-state index contributed by atoms with van der Waals surface area (Å²) in [7, 11) is 2.39. The fraction of sp³-hybridized carbons (Fsp3) is 0.650. The lowest BCUT2D eigenvalue weighted by atomic mass is 9.95. The van der Waals surface area contributed by atoms with Crippen LogP contribution >= 0.6 is 0 Å². The van der Waals surface area contributed by atoms with Crippen LogP contribution in [0.25, 0.3) is 0 Å². The van der Waals surface area contributed by atoms with E-state index >= 15 is 0 Å². The lowest BCUT2D eigenvalue weighted by Crippen LogP contribution is -3.00. The first-order valence-corrected chi connectivity index (χ1v) is 9.35. The second kappa shape index (κ2) is 7.37. The molecule has 0 spiro atoms. The third-order valence-corrected chi connectivity index (χ3v) is 6.33. The number of ether oxygens (including phenoxy) is 2. The quantitative estimate of drug-likeness (QED) is 0.368. The second-order valence-corrected chi connectivity index (χ2v) is 7.87. The van der Waals surface area contributed by atoms with Gasteiger partial charge >= 0.3 is 5.97 Å². The Bertz CT molecular complexity index is 590. The van der Waals surface area contributed by atoms with E-state index in [4.69, 9.17) is 9.47 Å². The van der Waals surface area contributed by atoms with Crippen LogP contribution in [0.4, 0.5) is 0 Å². The van der Waals surface area contributed by atoms with E-state index < -0.39 is 0 Å². The van der Waals surface area contributed by atoms with E-state index in [1.54, 1.807) is 0 Å². The fourth-order valence-electron chi connectivity index (χ4n) is 4.97. The maximum atomic E-state index is 12.3. The summed E-state index contributed by atoms with van der Waals surface area (Å²) in [5, 5.41) is 0. The van der Waals surface area contributed by atoms with Crippen LogP contribution < -0.4 is 17.0 Å². The SMILES string of the molecule is CCCC[N+]1(C)[C@@H]2CC(OC(=O)Cc3ccccc3)C[C@H]1[C@@H]1O[C@@H]12.[Br-]. The number of carbonyl (C=O) groups excluding carboxylic acids is 1. The van der Waals surface area contributed by atoms with Crippen molar-refractivity contribution in [1.29, 1.82) is 0 Å². The van der Waals surface area contributed by atoms with E-state index in [9.17, 15) is 4.79 Å². The molecule has 1 aromatic carbocycles. The zero-order valence-electron chi connectivity index (χ0n) is 15.1. The van der Waals surface area contributed by atoms with E-state index in [-0.39, 0.29) is 29.1 Å². The summed E-state index contributed by atoms with van der Waals surface area (Å²) in [4.78, 5) is 12.3. The Balaban J connectivity index is 0.00000182. The van der Waals surface area contributed by atoms with E-state index in [0.717, 1.165) is 22.9 Å². The van der Waals surface area contributed by atoms with Crippen LogP contribution in [0.3, 0.4) is 0 Å². The van der Waals surface area contributed by atoms with Gasteiger partial charge in [0, 0.05) is 12.8 Å². The number of hydrogen-bond donors (Lipinski definition) is 0. The number of likely N-dealkylation sites (N-methyl/N-ethyl adjacent to an activating group) is 1. The molecule has 4 nitrogen and oxygen atoms in total. The van der Waals surface area contributed by atoms with Gasteiger partial charge < -0.3 is 30.9 Å². The number of piperidine rings is 1. The number of esters is 1. The Morgan fingerprint density at radius 2 is 1.84 bits per heavy atom. The number of epoxide rings is 1. The zero-order chi connectivity index (χ0) is 16.7. The third kappa shape index (κ3) is 3.51. The van der Waals surface area contributed by atoms with Crippen LogP contribution in [0, 0.1) is 0 Å². The van der Waals surface area contributed by atoms with E-state index in [2.05, 4.69) is 14.0 Å². The summed E-state index contributed by atoms with van der Waals surface area (Å²) < 4.78 is 12.9.